The fourth-order valence-electron chi connectivity index (χ4n) is 2.04. The van der Waals surface area contributed by atoms with Crippen LogP contribution in [0.15, 0.2) is 0 Å². The van der Waals surface area contributed by atoms with Gasteiger partial charge in [-0.1, -0.05) is 61.8 Å². The quantitative estimate of drug-likeness (QED) is 0.755. The third kappa shape index (κ3) is 6.42. The SMILES string of the molecule is CCC(C)C(C)C(=O)NC(CC(C)(C)C)C(C)C. The Hall–Kier alpha value is -0.530. The van der Waals surface area contributed by atoms with Gasteiger partial charge in [0.15, 0.2) is 0 Å². The summed E-state index contributed by atoms with van der Waals surface area (Å²) in [5, 5.41) is 3.25. The molecule has 0 aromatic heterocycles. The Morgan fingerprint density at radius 2 is 1.61 bits per heavy atom. The van der Waals surface area contributed by atoms with E-state index >= 15 is 0 Å². The second-order valence-electron chi connectivity index (χ2n) is 7.30. The van der Waals surface area contributed by atoms with Crippen molar-refractivity contribution in [3.8, 4) is 0 Å². The van der Waals surface area contributed by atoms with Gasteiger partial charge in [-0.25, -0.2) is 0 Å². The first-order valence-corrected chi connectivity index (χ1v) is 7.38. The molecule has 0 aliphatic heterocycles. The van der Waals surface area contributed by atoms with Gasteiger partial charge >= 0.3 is 0 Å². The maximum atomic E-state index is 12.2. The van der Waals surface area contributed by atoms with Crippen LogP contribution in [0.5, 0.6) is 0 Å². The highest BCUT2D eigenvalue weighted by molar-refractivity contribution is 5.78. The Labute approximate surface area is 114 Å². The van der Waals surface area contributed by atoms with Crippen molar-refractivity contribution in [1.29, 1.82) is 0 Å². The molecule has 0 fully saturated rings. The van der Waals surface area contributed by atoms with Crippen LogP contribution in [-0.4, -0.2) is 11.9 Å². The van der Waals surface area contributed by atoms with Crippen LogP contribution in [-0.2, 0) is 4.79 Å². The van der Waals surface area contributed by atoms with E-state index in [0.29, 0.717) is 11.8 Å². The molecular weight excluding hydrogens is 222 g/mol. The monoisotopic (exact) mass is 255 g/mol. The van der Waals surface area contributed by atoms with E-state index < -0.39 is 0 Å². The number of hydrogen-bond donors (Lipinski definition) is 1. The van der Waals surface area contributed by atoms with Crippen LogP contribution in [0.4, 0.5) is 0 Å². The van der Waals surface area contributed by atoms with Crippen LogP contribution in [0.3, 0.4) is 0 Å². The molecule has 0 radical (unpaired) electrons. The molecule has 3 unspecified atom stereocenters. The summed E-state index contributed by atoms with van der Waals surface area (Å²) in [6.07, 6.45) is 2.09. The molecule has 1 N–H and O–H groups in total. The molecule has 1 amide bonds. The lowest BCUT2D eigenvalue weighted by Gasteiger charge is -2.31. The van der Waals surface area contributed by atoms with Gasteiger partial charge in [-0.05, 0) is 23.7 Å². The molecule has 0 bridgehead atoms. The molecule has 0 rings (SSSR count). The Morgan fingerprint density at radius 1 is 1.11 bits per heavy atom. The van der Waals surface area contributed by atoms with Crippen molar-refractivity contribution in [1.82, 2.24) is 5.32 Å². The molecule has 108 valence electrons. The maximum Gasteiger partial charge on any atom is 0.223 e. The molecule has 0 aliphatic rings. The number of carbonyl (C=O) groups is 1. The first kappa shape index (κ1) is 17.5. The highest BCUT2D eigenvalue weighted by Crippen LogP contribution is 2.25. The Morgan fingerprint density at radius 3 is 1.94 bits per heavy atom. The number of nitrogens with one attached hydrogen (secondary N) is 1. The zero-order valence-electron chi connectivity index (χ0n) is 13.6. The highest BCUT2D eigenvalue weighted by atomic mass is 16.1. The van der Waals surface area contributed by atoms with Gasteiger partial charge in [0, 0.05) is 12.0 Å². The lowest BCUT2D eigenvalue weighted by molar-refractivity contribution is -0.127. The smallest absolute Gasteiger partial charge is 0.223 e. The minimum atomic E-state index is 0.108. The van der Waals surface area contributed by atoms with Crippen LogP contribution >= 0.6 is 0 Å². The van der Waals surface area contributed by atoms with Crippen molar-refractivity contribution in [3.05, 3.63) is 0 Å². The first-order chi connectivity index (χ1) is 8.08. The average molecular weight is 255 g/mol. The van der Waals surface area contributed by atoms with Crippen LogP contribution in [0.2, 0.25) is 0 Å². The maximum absolute atomic E-state index is 12.2. The van der Waals surface area contributed by atoms with Crippen LogP contribution in [0.1, 0.15) is 68.2 Å². The molecule has 0 aliphatic carbocycles. The van der Waals surface area contributed by atoms with E-state index in [9.17, 15) is 4.79 Å². The molecule has 0 saturated heterocycles. The van der Waals surface area contributed by atoms with E-state index in [1.54, 1.807) is 0 Å². The van der Waals surface area contributed by atoms with Crippen molar-refractivity contribution >= 4 is 5.91 Å². The van der Waals surface area contributed by atoms with Gasteiger partial charge in [0.25, 0.3) is 0 Å². The summed E-state index contributed by atoms with van der Waals surface area (Å²) in [7, 11) is 0. The summed E-state index contributed by atoms with van der Waals surface area (Å²) in [4.78, 5) is 12.2. The molecule has 2 heteroatoms. The van der Waals surface area contributed by atoms with Crippen molar-refractivity contribution in [2.24, 2.45) is 23.2 Å². The number of rotatable bonds is 6. The van der Waals surface area contributed by atoms with Gasteiger partial charge < -0.3 is 5.32 Å². The van der Waals surface area contributed by atoms with Gasteiger partial charge in [-0.3, -0.25) is 4.79 Å². The van der Waals surface area contributed by atoms with Crippen LogP contribution in [0, 0.1) is 23.2 Å². The number of hydrogen-bond acceptors (Lipinski definition) is 1. The first-order valence-electron chi connectivity index (χ1n) is 7.38. The predicted octanol–water partition coefficient (Wildman–Crippen LogP) is 4.25. The molecule has 0 spiro atoms. The Bertz CT molecular complexity index is 252. The van der Waals surface area contributed by atoms with E-state index in [-0.39, 0.29) is 23.3 Å². The standard InChI is InChI=1S/C16H33NO/c1-9-12(4)13(5)15(18)17-14(11(2)3)10-16(6,7)8/h11-14H,9-10H2,1-8H3,(H,17,18). The van der Waals surface area contributed by atoms with Crippen LogP contribution < -0.4 is 5.32 Å². The molecule has 3 atom stereocenters. The van der Waals surface area contributed by atoms with Gasteiger partial charge in [0.1, 0.15) is 0 Å². The van der Waals surface area contributed by atoms with Gasteiger partial charge in [-0.15, -0.1) is 0 Å². The average Bonchev–Trinajstić information content (AvgIpc) is 2.23. The van der Waals surface area contributed by atoms with Crippen molar-refractivity contribution in [2.75, 3.05) is 0 Å². The van der Waals surface area contributed by atoms with E-state index in [2.05, 4.69) is 53.8 Å². The summed E-state index contributed by atoms with van der Waals surface area (Å²) >= 11 is 0. The summed E-state index contributed by atoms with van der Waals surface area (Å²) in [5.41, 5.74) is 0.252. The van der Waals surface area contributed by atoms with E-state index in [4.69, 9.17) is 0 Å². The Balaban J connectivity index is 4.55. The number of carbonyl (C=O) groups excluding carboxylic acids is 1. The van der Waals surface area contributed by atoms with Crippen LogP contribution in [0.25, 0.3) is 0 Å². The topological polar surface area (TPSA) is 29.1 Å². The second kappa shape index (κ2) is 7.16. The molecule has 18 heavy (non-hydrogen) atoms. The van der Waals surface area contributed by atoms with Crippen molar-refractivity contribution in [2.45, 2.75) is 74.3 Å². The zero-order chi connectivity index (χ0) is 14.5. The number of amides is 1. The summed E-state index contributed by atoms with van der Waals surface area (Å²) in [5.74, 6) is 1.26. The van der Waals surface area contributed by atoms with E-state index in [0.717, 1.165) is 12.8 Å². The minimum Gasteiger partial charge on any atom is -0.353 e. The molecule has 0 aromatic rings. The fraction of sp³-hybridized carbons (Fsp3) is 0.938. The Kier molecular flexibility index (Phi) is 6.94. The molecule has 0 aromatic carbocycles. The van der Waals surface area contributed by atoms with Gasteiger partial charge in [0.05, 0.1) is 0 Å². The molecule has 0 saturated carbocycles. The zero-order valence-corrected chi connectivity index (χ0v) is 13.6. The molecule has 0 heterocycles. The lowest BCUT2D eigenvalue weighted by Crippen LogP contribution is -2.44. The van der Waals surface area contributed by atoms with Crippen molar-refractivity contribution < 1.29 is 4.79 Å². The van der Waals surface area contributed by atoms with Gasteiger partial charge in [-0.2, -0.15) is 0 Å². The van der Waals surface area contributed by atoms with Crippen molar-refractivity contribution in [3.63, 3.8) is 0 Å². The normalized spacial score (nSPS) is 17.4. The fourth-order valence-corrected chi connectivity index (χ4v) is 2.04. The largest absolute Gasteiger partial charge is 0.353 e. The summed E-state index contributed by atoms with van der Waals surface area (Å²) in [6, 6.07) is 0.281. The predicted molar refractivity (Wildman–Crippen MR) is 79.5 cm³/mol. The second-order valence-corrected chi connectivity index (χ2v) is 7.30. The summed E-state index contributed by atoms with van der Waals surface area (Å²) in [6.45, 7) is 17.4. The molecular formula is C16H33NO. The third-order valence-corrected chi connectivity index (χ3v) is 3.88. The highest BCUT2D eigenvalue weighted by Gasteiger charge is 2.26. The summed E-state index contributed by atoms with van der Waals surface area (Å²) < 4.78 is 0. The lowest BCUT2D eigenvalue weighted by atomic mass is 9.83. The van der Waals surface area contributed by atoms with E-state index in [1.807, 2.05) is 6.92 Å². The van der Waals surface area contributed by atoms with Gasteiger partial charge in [0.2, 0.25) is 5.91 Å². The minimum absolute atomic E-state index is 0.108. The van der Waals surface area contributed by atoms with E-state index in [1.165, 1.54) is 0 Å². The third-order valence-electron chi connectivity index (χ3n) is 3.88. The molecule has 2 nitrogen and oxygen atoms in total.